The van der Waals surface area contributed by atoms with Crippen molar-refractivity contribution >= 4 is 16.6 Å². The normalized spacial score (nSPS) is 12.8. The van der Waals surface area contributed by atoms with E-state index >= 15 is 0 Å². The van der Waals surface area contributed by atoms with Crippen LogP contribution in [0, 0.1) is 5.82 Å². The van der Waals surface area contributed by atoms with Gasteiger partial charge in [0.2, 0.25) is 0 Å². The van der Waals surface area contributed by atoms with E-state index in [0.29, 0.717) is 31.1 Å². The van der Waals surface area contributed by atoms with Crippen molar-refractivity contribution in [1.82, 2.24) is 14.6 Å². The maximum atomic E-state index is 13.3. The second kappa shape index (κ2) is 10.5. The molecule has 1 atom stereocenters. The molecule has 0 bridgehead atoms. The van der Waals surface area contributed by atoms with Gasteiger partial charge in [0.15, 0.2) is 0 Å². The Kier molecular flexibility index (Phi) is 7.89. The van der Waals surface area contributed by atoms with Crippen molar-refractivity contribution < 1.29 is 19.1 Å². The van der Waals surface area contributed by atoms with Gasteiger partial charge in [-0.25, -0.2) is 4.39 Å². The van der Waals surface area contributed by atoms with Crippen molar-refractivity contribution in [2.45, 2.75) is 59.0 Å². The fourth-order valence-electron chi connectivity index (χ4n) is 3.65. The fourth-order valence-corrected chi connectivity index (χ4v) is 3.65. The lowest BCUT2D eigenvalue weighted by Gasteiger charge is -2.26. The van der Waals surface area contributed by atoms with Gasteiger partial charge in [-0.15, -0.1) is 0 Å². The summed E-state index contributed by atoms with van der Waals surface area (Å²) < 4.78 is 27.5. The summed E-state index contributed by atoms with van der Waals surface area (Å²) >= 11 is 0. The number of hydroxylamine groups is 2. The molecule has 3 aromatic rings. The number of rotatable bonds is 10. The van der Waals surface area contributed by atoms with Crippen molar-refractivity contribution in [3.05, 3.63) is 71.9 Å². The number of ether oxygens (including phenoxy) is 2. The molecule has 0 saturated heterocycles. The summed E-state index contributed by atoms with van der Waals surface area (Å²) in [6, 6.07) is 8.38. The Hall–Kier alpha value is -2.74. The lowest BCUT2D eigenvalue weighted by molar-refractivity contribution is -0.0957. The minimum atomic E-state index is -0.258. The first kappa shape index (κ1) is 24.9. The largest absolute Gasteiger partial charge is 0.374 e. The molecule has 0 amide bonds. The van der Waals surface area contributed by atoms with Crippen molar-refractivity contribution in [3.63, 3.8) is 0 Å². The van der Waals surface area contributed by atoms with Crippen molar-refractivity contribution in [1.29, 1.82) is 0 Å². The van der Waals surface area contributed by atoms with E-state index in [-0.39, 0.29) is 17.5 Å². The van der Waals surface area contributed by atoms with E-state index in [2.05, 4.69) is 23.1 Å². The monoisotopic (exact) mass is 455 g/mol. The SMILES string of the molecule is C=C(c1cc2c(COCC(CC)OC(C)(C)C)cn(Cc3ccc(F)cc3)c2cn1)N(C)O. The zero-order valence-corrected chi connectivity index (χ0v) is 20.1. The zero-order chi connectivity index (χ0) is 24.2. The van der Waals surface area contributed by atoms with Crippen LogP contribution in [0.4, 0.5) is 4.39 Å². The summed E-state index contributed by atoms with van der Waals surface area (Å²) in [7, 11) is 1.51. The minimum absolute atomic E-state index is 0.0117. The lowest BCUT2D eigenvalue weighted by Crippen LogP contribution is -2.30. The summed E-state index contributed by atoms with van der Waals surface area (Å²) in [6.45, 7) is 13.6. The van der Waals surface area contributed by atoms with Gasteiger partial charge in [0.25, 0.3) is 0 Å². The number of nitrogens with zero attached hydrogens (tertiary/aromatic N) is 3. The molecule has 0 aliphatic heterocycles. The van der Waals surface area contributed by atoms with Crippen LogP contribution >= 0.6 is 0 Å². The second-order valence-corrected chi connectivity index (χ2v) is 9.24. The van der Waals surface area contributed by atoms with Crippen LogP contribution in [0.25, 0.3) is 16.6 Å². The number of pyridine rings is 1. The Balaban J connectivity index is 1.88. The molecule has 7 heteroatoms. The average Bonchev–Trinajstić information content (AvgIpc) is 3.09. The van der Waals surface area contributed by atoms with Crippen LogP contribution in [-0.2, 0) is 22.6 Å². The van der Waals surface area contributed by atoms with Gasteiger partial charge in [0.05, 0.1) is 48.0 Å². The van der Waals surface area contributed by atoms with Gasteiger partial charge in [-0.05, 0) is 51.0 Å². The Morgan fingerprint density at radius 1 is 1.27 bits per heavy atom. The molecule has 1 aromatic carbocycles. The van der Waals surface area contributed by atoms with Crippen molar-refractivity contribution in [2.75, 3.05) is 13.7 Å². The summed E-state index contributed by atoms with van der Waals surface area (Å²) in [6.07, 6.45) is 4.68. The Labute approximate surface area is 195 Å². The molecule has 33 heavy (non-hydrogen) atoms. The molecular formula is C26H34FN3O3. The first-order chi connectivity index (χ1) is 15.6. The molecule has 3 rings (SSSR count). The van der Waals surface area contributed by atoms with Crippen LogP contribution in [0.1, 0.15) is 50.9 Å². The van der Waals surface area contributed by atoms with E-state index in [9.17, 15) is 9.60 Å². The Morgan fingerprint density at radius 3 is 2.58 bits per heavy atom. The van der Waals surface area contributed by atoms with Gasteiger partial charge in [-0.3, -0.25) is 15.3 Å². The van der Waals surface area contributed by atoms with E-state index in [1.165, 1.54) is 19.2 Å². The summed E-state index contributed by atoms with van der Waals surface area (Å²) in [5.74, 6) is -0.258. The van der Waals surface area contributed by atoms with Crippen LogP contribution in [0.15, 0.2) is 49.3 Å². The molecule has 2 heterocycles. The maximum Gasteiger partial charge on any atom is 0.123 e. The van der Waals surface area contributed by atoms with E-state index in [1.54, 1.807) is 18.3 Å². The number of aromatic nitrogens is 2. The van der Waals surface area contributed by atoms with Gasteiger partial charge in [-0.2, -0.15) is 0 Å². The summed E-state index contributed by atoms with van der Waals surface area (Å²) in [4.78, 5) is 4.48. The molecule has 0 aliphatic rings. The van der Waals surface area contributed by atoms with E-state index < -0.39 is 0 Å². The molecular weight excluding hydrogens is 421 g/mol. The minimum Gasteiger partial charge on any atom is -0.374 e. The summed E-state index contributed by atoms with van der Waals surface area (Å²) in [5.41, 5.74) is 3.65. The third kappa shape index (κ3) is 6.63. The first-order valence-corrected chi connectivity index (χ1v) is 11.2. The zero-order valence-electron chi connectivity index (χ0n) is 20.1. The first-order valence-electron chi connectivity index (χ1n) is 11.2. The van der Waals surface area contributed by atoms with Gasteiger partial charge in [0, 0.05) is 30.7 Å². The Morgan fingerprint density at radius 2 is 1.97 bits per heavy atom. The molecule has 0 radical (unpaired) electrons. The van der Waals surface area contributed by atoms with Crippen LogP contribution in [0.5, 0.6) is 0 Å². The van der Waals surface area contributed by atoms with Crippen LogP contribution in [0.3, 0.4) is 0 Å². The lowest BCUT2D eigenvalue weighted by atomic mass is 10.1. The van der Waals surface area contributed by atoms with Crippen LogP contribution in [-0.4, -0.2) is 45.2 Å². The molecule has 6 nitrogen and oxygen atoms in total. The highest BCUT2D eigenvalue weighted by atomic mass is 19.1. The topological polar surface area (TPSA) is 59.8 Å². The molecule has 1 N–H and O–H groups in total. The maximum absolute atomic E-state index is 13.3. The van der Waals surface area contributed by atoms with E-state index in [1.807, 2.05) is 33.0 Å². The Bertz CT molecular complexity index is 1080. The number of hydrogen-bond donors (Lipinski definition) is 1. The average molecular weight is 456 g/mol. The quantitative estimate of drug-likeness (QED) is 0.402. The fraction of sp³-hybridized carbons (Fsp3) is 0.423. The van der Waals surface area contributed by atoms with Gasteiger partial charge in [0.1, 0.15) is 5.82 Å². The highest BCUT2D eigenvalue weighted by Crippen LogP contribution is 2.26. The van der Waals surface area contributed by atoms with E-state index in [4.69, 9.17) is 9.47 Å². The number of hydrogen-bond acceptors (Lipinski definition) is 5. The standard InChI is InChI=1S/C26H34FN3O3/c1-7-22(33-26(3,4)5)17-32-16-20-15-30(14-19-8-10-21(27)11-9-19)25-13-28-24(12-23(20)25)18(2)29(6)31/h8-13,15,22,31H,2,7,14,16-17H2,1,3-6H3. The number of fused-ring (bicyclic) bond motifs is 1. The van der Waals surface area contributed by atoms with Crippen LogP contribution < -0.4 is 0 Å². The highest BCUT2D eigenvalue weighted by molar-refractivity contribution is 5.85. The molecule has 0 fully saturated rings. The highest BCUT2D eigenvalue weighted by Gasteiger charge is 2.18. The third-order valence-electron chi connectivity index (χ3n) is 5.34. The second-order valence-electron chi connectivity index (χ2n) is 9.24. The van der Waals surface area contributed by atoms with Crippen molar-refractivity contribution in [2.24, 2.45) is 0 Å². The number of halogens is 1. The molecule has 2 aromatic heterocycles. The molecule has 0 spiro atoms. The number of benzene rings is 1. The van der Waals surface area contributed by atoms with Crippen molar-refractivity contribution in [3.8, 4) is 0 Å². The molecule has 0 saturated carbocycles. The van der Waals surface area contributed by atoms with Gasteiger partial charge >= 0.3 is 0 Å². The smallest absolute Gasteiger partial charge is 0.123 e. The van der Waals surface area contributed by atoms with E-state index in [0.717, 1.165) is 33.5 Å². The summed E-state index contributed by atoms with van der Waals surface area (Å²) in [5, 5.41) is 11.7. The van der Waals surface area contributed by atoms with Gasteiger partial charge < -0.3 is 14.0 Å². The molecule has 178 valence electrons. The molecule has 1 unspecified atom stereocenters. The predicted octanol–water partition coefficient (Wildman–Crippen LogP) is 5.63. The third-order valence-corrected chi connectivity index (χ3v) is 5.34. The molecule has 0 aliphatic carbocycles. The van der Waals surface area contributed by atoms with Gasteiger partial charge in [-0.1, -0.05) is 25.6 Å². The predicted molar refractivity (Wildman–Crippen MR) is 128 cm³/mol. The van der Waals surface area contributed by atoms with Crippen LogP contribution in [0.2, 0.25) is 0 Å².